The summed E-state index contributed by atoms with van der Waals surface area (Å²) in [6.07, 6.45) is 5.92. The predicted molar refractivity (Wildman–Crippen MR) is 91.0 cm³/mol. The van der Waals surface area contributed by atoms with Gasteiger partial charge in [0.15, 0.2) is 5.13 Å². The van der Waals surface area contributed by atoms with Crippen molar-refractivity contribution >= 4 is 22.4 Å². The number of anilines is 1. The second-order valence-electron chi connectivity index (χ2n) is 5.92. The van der Waals surface area contributed by atoms with Crippen LogP contribution < -0.4 is 4.90 Å². The van der Waals surface area contributed by atoms with Crippen LogP contribution in [0.15, 0.2) is 24.1 Å². The van der Waals surface area contributed by atoms with E-state index in [1.54, 1.807) is 17.5 Å². The number of carbonyl (C=O) groups is 1. The minimum Gasteiger partial charge on any atom is -0.346 e. The van der Waals surface area contributed by atoms with Crippen molar-refractivity contribution < 1.29 is 4.79 Å². The zero-order chi connectivity index (χ0) is 16.2. The molecular formula is C16H21N5OS. The van der Waals surface area contributed by atoms with Crippen LogP contribution in [0.4, 0.5) is 5.13 Å². The summed E-state index contributed by atoms with van der Waals surface area (Å²) in [6.45, 7) is 7.29. The summed E-state index contributed by atoms with van der Waals surface area (Å²) in [4.78, 5) is 29.8. The van der Waals surface area contributed by atoms with Crippen LogP contribution in [0.25, 0.3) is 0 Å². The van der Waals surface area contributed by atoms with Crippen molar-refractivity contribution in [3.63, 3.8) is 0 Å². The van der Waals surface area contributed by atoms with Gasteiger partial charge in [0, 0.05) is 44.0 Å². The van der Waals surface area contributed by atoms with Crippen molar-refractivity contribution in [1.29, 1.82) is 0 Å². The summed E-state index contributed by atoms with van der Waals surface area (Å²) >= 11 is 1.64. The summed E-state index contributed by atoms with van der Waals surface area (Å²) in [5.74, 6) is 0.242. The first-order chi connectivity index (χ1) is 11.2. The number of aromatic nitrogens is 3. The van der Waals surface area contributed by atoms with E-state index in [9.17, 15) is 4.79 Å². The molecule has 0 unspecified atom stereocenters. The van der Waals surface area contributed by atoms with Gasteiger partial charge in [-0.1, -0.05) is 13.8 Å². The fourth-order valence-electron chi connectivity index (χ4n) is 2.82. The molecule has 23 heavy (non-hydrogen) atoms. The molecule has 3 heterocycles. The van der Waals surface area contributed by atoms with Crippen LogP contribution in [0.3, 0.4) is 0 Å². The Morgan fingerprint density at radius 2 is 2.09 bits per heavy atom. The molecule has 0 aromatic carbocycles. The lowest BCUT2D eigenvalue weighted by Gasteiger charge is -2.22. The van der Waals surface area contributed by atoms with Crippen LogP contribution in [0.5, 0.6) is 0 Å². The second-order valence-corrected chi connectivity index (χ2v) is 6.80. The maximum atomic E-state index is 12.9. The van der Waals surface area contributed by atoms with E-state index in [-0.39, 0.29) is 11.8 Å². The molecule has 0 bridgehead atoms. The average molecular weight is 331 g/mol. The Hall–Kier alpha value is -2.02. The third kappa shape index (κ3) is 3.50. The lowest BCUT2D eigenvalue weighted by Crippen LogP contribution is -2.36. The fraction of sp³-hybridized carbons (Fsp3) is 0.500. The third-order valence-corrected chi connectivity index (χ3v) is 4.83. The van der Waals surface area contributed by atoms with Gasteiger partial charge in [0.2, 0.25) is 0 Å². The molecule has 1 aliphatic heterocycles. The van der Waals surface area contributed by atoms with Gasteiger partial charge in [-0.15, -0.1) is 11.3 Å². The zero-order valence-electron chi connectivity index (χ0n) is 13.5. The van der Waals surface area contributed by atoms with Crippen molar-refractivity contribution in [2.45, 2.75) is 26.2 Å². The smallest absolute Gasteiger partial charge is 0.257 e. The molecule has 1 amide bonds. The van der Waals surface area contributed by atoms with Crippen LogP contribution in [0, 0.1) is 0 Å². The maximum absolute atomic E-state index is 12.9. The molecule has 1 aliphatic rings. The lowest BCUT2D eigenvalue weighted by molar-refractivity contribution is 0.0764. The molecule has 0 saturated carbocycles. The highest BCUT2D eigenvalue weighted by atomic mass is 32.1. The van der Waals surface area contributed by atoms with Gasteiger partial charge in [0.05, 0.1) is 11.3 Å². The van der Waals surface area contributed by atoms with E-state index in [4.69, 9.17) is 0 Å². The number of amides is 1. The first kappa shape index (κ1) is 15.9. The van der Waals surface area contributed by atoms with Gasteiger partial charge in [0.25, 0.3) is 5.91 Å². The van der Waals surface area contributed by atoms with Gasteiger partial charge in [-0.3, -0.25) is 4.79 Å². The number of rotatable bonds is 3. The van der Waals surface area contributed by atoms with Crippen LogP contribution in [0.2, 0.25) is 0 Å². The Morgan fingerprint density at radius 3 is 2.83 bits per heavy atom. The molecule has 1 saturated heterocycles. The molecule has 0 aliphatic carbocycles. The third-order valence-electron chi connectivity index (χ3n) is 3.99. The van der Waals surface area contributed by atoms with E-state index in [1.807, 2.05) is 30.3 Å². The molecule has 0 spiro atoms. The predicted octanol–water partition coefficient (Wildman–Crippen LogP) is 2.41. The van der Waals surface area contributed by atoms with Gasteiger partial charge in [-0.05, 0) is 12.3 Å². The highest BCUT2D eigenvalue weighted by molar-refractivity contribution is 7.13. The van der Waals surface area contributed by atoms with Crippen LogP contribution in [0.1, 0.15) is 42.2 Å². The minimum atomic E-state index is 0.0373. The lowest BCUT2D eigenvalue weighted by atomic mass is 10.0. The summed E-state index contributed by atoms with van der Waals surface area (Å²) in [6, 6.07) is 0. The highest BCUT2D eigenvalue weighted by Crippen LogP contribution is 2.21. The van der Waals surface area contributed by atoms with E-state index in [2.05, 4.69) is 19.9 Å². The number of carbonyl (C=O) groups excluding carboxylic acids is 1. The Morgan fingerprint density at radius 1 is 1.22 bits per heavy atom. The normalized spacial score (nSPS) is 15.8. The zero-order valence-corrected chi connectivity index (χ0v) is 14.3. The van der Waals surface area contributed by atoms with Crippen molar-refractivity contribution in [3.05, 3.63) is 35.4 Å². The summed E-state index contributed by atoms with van der Waals surface area (Å²) < 4.78 is 0. The highest BCUT2D eigenvalue weighted by Gasteiger charge is 2.24. The number of thiazole rings is 1. The molecule has 2 aromatic heterocycles. The van der Waals surface area contributed by atoms with E-state index in [0.29, 0.717) is 12.1 Å². The monoisotopic (exact) mass is 331 g/mol. The molecule has 2 aromatic rings. The standard InChI is InChI=1S/C16H21N5OS/c1-12(2)14-13(10-17-11-19-14)15(22)20-5-3-6-21(8-7-20)16-18-4-9-23-16/h4,9-12H,3,5-8H2,1-2H3. The largest absolute Gasteiger partial charge is 0.346 e. The van der Waals surface area contributed by atoms with E-state index in [1.165, 1.54) is 6.33 Å². The molecule has 0 atom stereocenters. The van der Waals surface area contributed by atoms with Crippen LogP contribution in [-0.4, -0.2) is 51.9 Å². The van der Waals surface area contributed by atoms with Gasteiger partial charge < -0.3 is 9.80 Å². The molecule has 0 N–H and O–H groups in total. The Kier molecular flexibility index (Phi) is 4.85. The topological polar surface area (TPSA) is 62.2 Å². The molecule has 7 heteroatoms. The number of hydrogen-bond acceptors (Lipinski definition) is 6. The Balaban J connectivity index is 1.74. The van der Waals surface area contributed by atoms with Gasteiger partial charge >= 0.3 is 0 Å². The molecule has 1 fully saturated rings. The number of nitrogens with zero attached hydrogens (tertiary/aromatic N) is 5. The van der Waals surface area contributed by atoms with Crippen molar-refractivity contribution in [3.8, 4) is 0 Å². The Bertz CT molecular complexity index is 658. The summed E-state index contributed by atoms with van der Waals surface area (Å²) in [5.41, 5.74) is 1.45. The van der Waals surface area contributed by atoms with E-state index in [0.717, 1.165) is 36.9 Å². The molecular weight excluding hydrogens is 310 g/mol. The van der Waals surface area contributed by atoms with Crippen LogP contribution in [-0.2, 0) is 0 Å². The molecule has 3 rings (SSSR count). The van der Waals surface area contributed by atoms with E-state index >= 15 is 0 Å². The fourth-order valence-corrected chi connectivity index (χ4v) is 3.52. The molecule has 122 valence electrons. The van der Waals surface area contributed by atoms with Gasteiger partial charge in [-0.2, -0.15) is 0 Å². The Labute approximate surface area is 140 Å². The second kappa shape index (κ2) is 7.04. The average Bonchev–Trinajstić information content (AvgIpc) is 2.99. The van der Waals surface area contributed by atoms with Crippen molar-refractivity contribution in [1.82, 2.24) is 19.9 Å². The van der Waals surface area contributed by atoms with Gasteiger partial charge in [-0.25, -0.2) is 15.0 Å². The van der Waals surface area contributed by atoms with Crippen molar-refractivity contribution in [2.24, 2.45) is 0 Å². The van der Waals surface area contributed by atoms with E-state index < -0.39 is 0 Å². The van der Waals surface area contributed by atoms with Crippen molar-refractivity contribution in [2.75, 3.05) is 31.1 Å². The first-order valence-corrected chi connectivity index (χ1v) is 8.78. The van der Waals surface area contributed by atoms with Crippen LogP contribution >= 0.6 is 11.3 Å². The minimum absolute atomic E-state index is 0.0373. The first-order valence-electron chi connectivity index (χ1n) is 7.90. The molecule has 6 nitrogen and oxygen atoms in total. The summed E-state index contributed by atoms with van der Waals surface area (Å²) in [7, 11) is 0. The number of hydrogen-bond donors (Lipinski definition) is 0. The summed E-state index contributed by atoms with van der Waals surface area (Å²) in [5, 5.41) is 3.02. The van der Waals surface area contributed by atoms with Gasteiger partial charge in [0.1, 0.15) is 6.33 Å². The molecule has 0 radical (unpaired) electrons. The SMILES string of the molecule is CC(C)c1ncncc1C(=O)N1CCCN(c2nccs2)CC1. The quantitative estimate of drug-likeness (QED) is 0.864. The maximum Gasteiger partial charge on any atom is 0.257 e.